The van der Waals surface area contributed by atoms with Crippen molar-refractivity contribution in [1.82, 2.24) is 0 Å². The Balaban J connectivity index is -0.000000113. The van der Waals surface area contributed by atoms with E-state index in [2.05, 4.69) is 39.6 Å². The minimum atomic E-state index is -0.954. The van der Waals surface area contributed by atoms with Crippen molar-refractivity contribution >= 4 is 15.9 Å². The predicted molar refractivity (Wildman–Crippen MR) is 102 cm³/mol. The third-order valence-corrected chi connectivity index (χ3v) is 2.20. The maximum Gasteiger partial charge on any atom is 1.00 e. The first-order valence-electron chi connectivity index (χ1n) is 7.04. The van der Waals surface area contributed by atoms with E-state index in [1.165, 1.54) is 0 Å². The van der Waals surface area contributed by atoms with Crippen molar-refractivity contribution in [2.24, 2.45) is 0 Å². The monoisotopic (exact) mass is 440 g/mol. The van der Waals surface area contributed by atoms with Crippen LogP contribution in [0.2, 0.25) is 0 Å². The summed E-state index contributed by atoms with van der Waals surface area (Å²) in [6, 6.07) is 0. The number of rotatable bonds is 10. The van der Waals surface area contributed by atoms with Gasteiger partial charge in [0.05, 0.1) is 31.8 Å². The second kappa shape index (κ2) is 32.2. The van der Waals surface area contributed by atoms with Crippen LogP contribution in [0.15, 0.2) is 0 Å². The molecule has 142 valence electrons. The fourth-order valence-electron chi connectivity index (χ4n) is 0.867. The molecule has 3 N–H and O–H groups in total. The molecule has 0 bridgehead atoms. The van der Waals surface area contributed by atoms with E-state index in [1.807, 2.05) is 0 Å². The Morgan fingerprint density at radius 2 is 1.23 bits per heavy atom. The molecule has 0 fully saturated rings. The van der Waals surface area contributed by atoms with Crippen molar-refractivity contribution in [3.8, 4) is 49.4 Å². The average Bonchev–Trinajstić information content (AvgIpc) is 2.65. The van der Waals surface area contributed by atoms with Gasteiger partial charge in [-0.05, 0) is 0 Å². The van der Waals surface area contributed by atoms with Gasteiger partial charge in [0, 0.05) is 0 Å². The third kappa shape index (κ3) is 34.7. The average molecular weight is 441 g/mol. The van der Waals surface area contributed by atoms with Gasteiger partial charge in [-0.2, -0.15) is 0 Å². The molecule has 0 spiro atoms. The number of hydrogen-bond donors (Lipinski definition) is 3. The van der Waals surface area contributed by atoms with Crippen LogP contribution in [0.25, 0.3) is 0 Å². The van der Waals surface area contributed by atoms with Crippen molar-refractivity contribution in [2.75, 3.05) is 51.6 Å². The van der Waals surface area contributed by atoms with Gasteiger partial charge in [-0.15, -0.1) is 25.7 Å². The van der Waals surface area contributed by atoms with Crippen LogP contribution in [0, 0.1) is 49.4 Å². The summed E-state index contributed by atoms with van der Waals surface area (Å²) in [7, 11) is 0. The van der Waals surface area contributed by atoms with Crippen LogP contribution in [-0.2, 0) is 14.2 Å². The predicted octanol–water partition coefficient (Wildman–Crippen LogP) is -3.23. The van der Waals surface area contributed by atoms with Gasteiger partial charge in [0.2, 0.25) is 0 Å². The number of alkyl halides is 1. The van der Waals surface area contributed by atoms with Crippen LogP contribution in [-0.4, -0.2) is 79.1 Å². The molecule has 0 atom stereocenters. The first-order valence-corrected chi connectivity index (χ1v) is 8.16. The fourth-order valence-corrected chi connectivity index (χ4v) is 0.867. The van der Waals surface area contributed by atoms with Crippen LogP contribution in [0.1, 0.15) is 1.43 Å². The minimum absolute atomic E-state index is 0. The zero-order valence-corrected chi connectivity index (χ0v) is 18.7. The van der Waals surface area contributed by atoms with E-state index in [1.54, 1.807) is 0 Å². The number of ether oxygens (including phenoxy) is 3. The van der Waals surface area contributed by atoms with E-state index in [9.17, 15) is 0 Å². The van der Waals surface area contributed by atoms with Gasteiger partial charge in [0.1, 0.15) is 32.0 Å². The Labute approximate surface area is 188 Å². The number of aliphatic hydroxyl groups excluding tert-OH is 3. The number of halogens is 1. The summed E-state index contributed by atoms with van der Waals surface area (Å²) >= 11 is 3.01. The van der Waals surface area contributed by atoms with Gasteiger partial charge in [-0.1, -0.05) is 39.6 Å². The number of aliphatic hydroxyl groups is 3. The zero-order valence-electron chi connectivity index (χ0n) is 16.1. The molecule has 0 saturated carbocycles. The first kappa shape index (κ1) is 33.1. The SMILES string of the molecule is C#CCBr.C#CCOCC(COCC#C)OCC#C.OCC(O)CO.[H-].[Na+]. The summed E-state index contributed by atoms with van der Waals surface area (Å²) in [6.07, 6.45) is 18.7. The topological polar surface area (TPSA) is 88.4 Å². The number of hydrogen-bond acceptors (Lipinski definition) is 6. The summed E-state index contributed by atoms with van der Waals surface area (Å²) in [6.45, 7) is 0.652. The molecule has 26 heavy (non-hydrogen) atoms. The Kier molecular flexibility index (Phi) is 41.0. The quantitative estimate of drug-likeness (QED) is 0.143. The van der Waals surface area contributed by atoms with Crippen LogP contribution < -0.4 is 29.6 Å². The number of terminal acetylenes is 4. The molecule has 0 heterocycles. The minimum Gasteiger partial charge on any atom is -1.00 e. The van der Waals surface area contributed by atoms with Crippen LogP contribution in [0.5, 0.6) is 0 Å². The van der Waals surface area contributed by atoms with Crippen LogP contribution in [0.3, 0.4) is 0 Å². The Bertz CT molecular complexity index is 415. The smallest absolute Gasteiger partial charge is 1.00 e. The van der Waals surface area contributed by atoms with E-state index >= 15 is 0 Å². The Morgan fingerprint density at radius 1 is 0.846 bits per heavy atom. The molecule has 0 aromatic rings. The molecule has 8 heteroatoms. The largest absolute Gasteiger partial charge is 1.00 e. The Hall–Kier alpha value is -0.520. The fraction of sp³-hybridized carbons (Fsp3) is 0.556. The maximum atomic E-state index is 8.17. The summed E-state index contributed by atoms with van der Waals surface area (Å²) in [4.78, 5) is 0. The zero-order chi connectivity index (χ0) is 19.8. The molecule has 0 radical (unpaired) electrons. The van der Waals surface area contributed by atoms with Crippen molar-refractivity contribution < 1.29 is 60.5 Å². The molecular weight excluding hydrogens is 415 g/mol. The molecule has 6 nitrogen and oxygen atoms in total. The Morgan fingerprint density at radius 3 is 1.46 bits per heavy atom. The molecule has 0 aliphatic carbocycles. The van der Waals surface area contributed by atoms with Gasteiger partial charge in [-0.3, -0.25) is 0 Å². The first-order chi connectivity index (χ1) is 12.1. The molecule has 0 aliphatic heterocycles. The van der Waals surface area contributed by atoms with E-state index in [4.69, 9.17) is 55.2 Å². The molecule has 0 aliphatic rings. The van der Waals surface area contributed by atoms with E-state index in [0.717, 1.165) is 0 Å². The van der Waals surface area contributed by atoms with Crippen molar-refractivity contribution in [3.63, 3.8) is 0 Å². The molecular formula is C18H26BrNaO6. The van der Waals surface area contributed by atoms with E-state index in [-0.39, 0.29) is 70.1 Å². The summed E-state index contributed by atoms with van der Waals surface area (Å²) < 4.78 is 15.5. The van der Waals surface area contributed by atoms with Gasteiger partial charge in [0.25, 0.3) is 0 Å². The van der Waals surface area contributed by atoms with Crippen molar-refractivity contribution in [3.05, 3.63) is 0 Å². The second-order valence-electron chi connectivity index (χ2n) is 3.93. The van der Waals surface area contributed by atoms with Gasteiger partial charge in [0.15, 0.2) is 0 Å². The summed E-state index contributed by atoms with van der Waals surface area (Å²) in [5.74, 6) is 9.42. The molecule has 0 aromatic carbocycles. The third-order valence-electron chi connectivity index (χ3n) is 1.88. The summed E-state index contributed by atoms with van der Waals surface area (Å²) in [5, 5.41) is 24.7. The molecule has 0 unspecified atom stereocenters. The van der Waals surface area contributed by atoms with Gasteiger partial charge >= 0.3 is 29.6 Å². The van der Waals surface area contributed by atoms with Crippen molar-refractivity contribution in [1.29, 1.82) is 0 Å². The van der Waals surface area contributed by atoms with Crippen LogP contribution >= 0.6 is 15.9 Å². The molecule has 0 saturated heterocycles. The molecule has 0 aromatic heterocycles. The van der Waals surface area contributed by atoms with Gasteiger partial charge < -0.3 is 31.0 Å². The van der Waals surface area contributed by atoms with E-state index in [0.29, 0.717) is 18.5 Å². The second-order valence-corrected chi connectivity index (χ2v) is 4.49. The maximum absolute atomic E-state index is 8.17. The molecule has 0 amide bonds. The van der Waals surface area contributed by atoms with E-state index < -0.39 is 6.10 Å². The summed E-state index contributed by atoms with van der Waals surface area (Å²) in [5.41, 5.74) is 0. The molecule has 0 rings (SSSR count). The van der Waals surface area contributed by atoms with Crippen molar-refractivity contribution in [2.45, 2.75) is 12.2 Å². The normalized spacial score (nSPS) is 8.38. The standard InChI is InChI=1S/C12H14O3.C3H3Br.C3H8O3.Na.H/c1-4-7-13-10-12(15-9-6-3)11-14-8-5-2;1-2-3-4;4-1-3(6)2-5;;/h1-3,12H,7-11H2;1H,3H2;3-6H,1-2H2;;/q;;;+1;-1. The van der Waals surface area contributed by atoms with Crippen LogP contribution in [0.4, 0.5) is 0 Å². The van der Waals surface area contributed by atoms with Gasteiger partial charge in [-0.25, -0.2) is 0 Å².